The van der Waals surface area contributed by atoms with Gasteiger partial charge < -0.3 is 10.6 Å². The number of nitrogens with zero attached hydrogens (tertiary/aromatic N) is 2. The van der Waals surface area contributed by atoms with E-state index in [1.165, 1.54) is 19.3 Å². The first-order chi connectivity index (χ1) is 10.1. The normalized spacial score (nSPS) is 28.6. The molecule has 21 heavy (non-hydrogen) atoms. The molecule has 5 nitrogen and oxygen atoms in total. The molecule has 2 atom stereocenters. The smallest absolute Gasteiger partial charge is 0.228 e. The van der Waals surface area contributed by atoms with Gasteiger partial charge in [-0.05, 0) is 25.3 Å². The molecule has 116 valence electrons. The fourth-order valence-corrected chi connectivity index (χ4v) is 4.38. The maximum absolute atomic E-state index is 12.7. The van der Waals surface area contributed by atoms with Gasteiger partial charge in [0.1, 0.15) is 10.0 Å². The van der Waals surface area contributed by atoms with Gasteiger partial charge in [-0.1, -0.05) is 38.0 Å². The van der Waals surface area contributed by atoms with Crippen LogP contribution in [-0.2, 0) is 11.3 Å². The Kier molecular flexibility index (Phi) is 4.26. The van der Waals surface area contributed by atoms with Gasteiger partial charge in [-0.2, -0.15) is 0 Å². The molecule has 6 heteroatoms. The third-order valence-electron chi connectivity index (χ3n) is 4.87. The Morgan fingerprint density at radius 3 is 3.10 bits per heavy atom. The number of aromatic nitrogens is 2. The van der Waals surface area contributed by atoms with Crippen molar-refractivity contribution in [3.05, 3.63) is 10.0 Å². The third-order valence-corrected chi connectivity index (χ3v) is 6.09. The summed E-state index contributed by atoms with van der Waals surface area (Å²) in [7, 11) is 0. The quantitative estimate of drug-likeness (QED) is 0.893. The average Bonchev–Trinajstić information content (AvgIpc) is 3.12. The van der Waals surface area contributed by atoms with Crippen molar-refractivity contribution in [1.29, 1.82) is 0 Å². The lowest BCUT2D eigenvalue weighted by molar-refractivity contribution is -0.134. The molecule has 1 aliphatic carbocycles. The van der Waals surface area contributed by atoms with Crippen molar-refractivity contribution in [3.63, 3.8) is 0 Å². The van der Waals surface area contributed by atoms with Crippen LogP contribution in [0.2, 0.25) is 0 Å². The molecule has 2 N–H and O–H groups in total. The number of amides is 1. The highest BCUT2D eigenvalue weighted by molar-refractivity contribution is 7.11. The molecule has 3 rings (SSSR count). The monoisotopic (exact) mass is 308 g/mol. The molecule has 2 heterocycles. The summed E-state index contributed by atoms with van der Waals surface area (Å²) in [5, 5.41) is 16.8. The van der Waals surface area contributed by atoms with Gasteiger partial charge in [0.15, 0.2) is 0 Å². The Morgan fingerprint density at radius 2 is 2.33 bits per heavy atom. The Labute approximate surface area is 129 Å². The van der Waals surface area contributed by atoms with Gasteiger partial charge in [0.05, 0.1) is 12.0 Å². The van der Waals surface area contributed by atoms with E-state index in [0.29, 0.717) is 18.4 Å². The Morgan fingerprint density at radius 1 is 1.48 bits per heavy atom. The van der Waals surface area contributed by atoms with Gasteiger partial charge in [0.2, 0.25) is 5.91 Å². The number of hydrogen-bond donors (Lipinski definition) is 2. The Bertz CT molecular complexity index is 516. The van der Waals surface area contributed by atoms with E-state index in [1.807, 2.05) is 0 Å². The minimum Gasteiger partial charge on any atom is -0.349 e. The summed E-state index contributed by atoms with van der Waals surface area (Å²) in [6.45, 7) is 6.55. The second kappa shape index (κ2) is 6.01. The van der Waals surface area contributed by atoms with Gasteiger partial charge in [0.25, 0.3) is 0 Å². The molecule has 1 aromatic rings. The molecule has 0 aromatic carbocycles. The van der Waals surface area contributed by atoms with Crippen LogP contribution in [0.3, 0.4) is 0 Å². The number of fused-ring (bicyclic) bond motifs is 1. The second-order valence-corrected chi connectivity index (χ2v) is 7.69. The fraction of sp³-hybridized carbons (Fsp3) is 0.800. The van der Waals surface area contributed by atoms with Gasteiger partial charge >= 0.3 is 0 Å². The summed E-state index contributed by atoms with van der Waals surface area (Å²) in [5.74, 6) is 1.11. The summed E-state index contributed by atoms with van der Waals surface area (Å²) in [6, 6.07) is 0. The summed E-state index contributed by atoms with van der Waals surface area (Å²) in [4.78, 5) is 12.7. The van der Waals surface area contributed by atoms with Crippen molar-refractivity contribution in [3.8, 4) is 0 Å². The second-order valence-electron chi connectivity index (χ2n) is 6.60. The first kappa shape index (κ1) is 14.9. The van der Waals surface area contributed by atoms with Crippen molar-refractivity contribution in [1.82, 2.24) is 20.8 Å². The van der Waals surface area contributed by atoms with E-state index in [-0.39, 0.29) is 11.3 Å². The molecule has 0 bridgehead atoms. The van der Waals surface area contributed by atoms with Crippen LogP contribution in [0.15, 0.2) is 0 Å². The lowest BCUT2D eigenvalue weighted by atomic mass is 9.67. The predicted octanol–water partition coefficient (Wildman–Crippen LogP) is 2.06. The van der Waals surface area contributed by atoms with Crippen LogP contribution in [0, 0.1) is 11.3 Å². The van der Waals surface area contributed by atoms with E-state index in [1.54, 1.807) is 11.3 Å². The van der Waals surface area contributed by atoms with Gasteiger partial charge in [-0.3, -0.25) is 4.79 Å². The van der Waals surface area contributed by atoms with Crippen LogP contribution in [0.1, 0.15) is 55.5 Å². The number of carbonyl (C=O) groups is 1. The number of nitrogens with one attached hydrogen (secondary N) is 2. The highest BCUT2D eigenvalue weighted by Crippen LogP contribution is 2.43. The average molecular weight is 308 g/mol. The number of rotatable bonds is 4. The first-order valence-corrected chi connectivity index (χ1v) is 8.75. The van der Waals surface area contributed by atoms with E-state index in [9.17, 15) is 4.79 Å². The van der Waals surface area contributed by atoms with Gasteiger partial charge in [-0.15, -0.1) is 10.2 Å². The summed E-state index contributed by atoms with van der Waals surface area (Å²) in [6.07, 6.45) is 4.62. The molecule has 0 radical (unpaired) electrons. The third kappa shape index (κ3) is 2.83. The largest absolute Gasteiger partial charge is 0.349 e. The lowest BCUT2D eigenvalue weighted by Crippen LogP contribution is -2.47. The molecular formula is C15H24N4OS. The molecule has 0 spiro atoms. The van der Waals surface area contributed by atoms with Crippen LogP contribution in [0.5, 0.6) is 0 Å². The molecule has 1 amide bonds. The minimum atomic E-state index is -0.177. The molecular weight excluding hydrogens is 284 g/mol. The minimum absolute atomic E-state index is 0.177. The SMILES string of the molecule is CC(C)c1nnc(CNC(=O)[C@@]23CCCC[C@H]2CNC3)s1. The van der Waals surface area contributed by atoms with Crippen LogP contribution in [-0.4, -0.2) is 29.2 Å². The zero-order chi connectivity index (χ0) is 14.9. The summed E-state index contributed by atoms with van der Waals surface area (Å²) < 4.78 is 0. The molecule has 2 fully saturated rings. The highest BCUT2D eigenvalue weighted by Gasteiger charge is 2.49. The Hall–Kier alpha value is -1.01. The molecule has 1 saturated heterocycles. The standard InChI is InChI=1S/C15H24N4OS/c1-10(2)13-19-18-12(21-13)8-17-14(20)15-6-4-3-5-11(15)7-16-9-15/h10-11,16H,3-9H2,1-2H3,(H,17,20)/t11-,15+/m0/s1. The van der Waals surface area contributed by atoms with Crippen molar-refractivity contribution in [2.24, 2.45) is 11.3 Å². The van der Waals surface area contributed by atoms with Gasteiger partial charge in [0, 0.05) is 12.5 Å². The highest BCUT2D eigenvalue weighted by atomic mass is 32.1. The van der Waals surface area contributed by atoms with Gasteiger partial charge in [-0.25, -0.2) is 0 Å². The molecule has 1 saturated carbocycles. The van der Waals surface area contributed by atoms with E-state index < -0.39 is 0 Å². The summed E-state index contributed by atoms with van der Waals surface area (Å²) in [5.41, 5.74) is -0.177. The maximum Gasteiger partial charge on any atom is 0.228 e. The van der Waals surface area contributed by atoms with Crippen LogP contribution >= 0.6 is 11.3 Å². The van der Waals surface area contributed by atoms with Crippen molar-refractivity contribution in [2.75, 3.05) is 13.1 Å². The predicted molar refractivity (Wildman–Crippen MR) is 83.1 cm³/mol. The van der Waals surface area contributed by atoms with E-state index in [4.69, 9.17) is 0 Å². The molecule has 1 aliphatic heterocycles. The van der Waals surface area contributed by atoms with Crippen LogP contribution < -0.4 is 10.6 Å². The first-order valence-electron chi connectivity index (χ1n) is 7.93. The van der Waals surface area contributed by atoms with E-state index in [2.05, 4.69) is 34.7 Å². The Balaban J connectivity index is 1.63. The summed E-state index contributed by atoms with van der Waals surface area (Å²) >= 11 is 1.60. The molecule has 2 aliphatic rings. The van der Waals surface area contributed by atoms with Crippen molar-refractivity contribution < 1.29 is 4.79 Å². The van der Waals surface area contributed by atoms with Crippen molar-refractivity contribution in [2.45, 2.75) is 52.0 Å². The van der Waals surface area contributed by atoms with E-state index in [0.717, 1.165) is 29.5 Å². The van der Waals surface area contributed by atoms with E-state index >= 15 is 0 Å². The topological polar surface area (TPSA) is 66.9 Å². The molecule has 0 unspecified atom stereocenters. The number of carbonyl (C=O) groups excluding carboxylic acids is 1. The van der Waals surface area contributed by atoms with Crippen LogP contribution in [0.4, 0.5) is 0 Å². The zero-order valence-corrected chi connectivity index (χ0v) is 13.6. The van der Waals surface area contributed by atoms with Crippen molar-refractivity contribution >= 4 is 17.2 Å². The molecule has 1 aromatic heterocycles. The lowest BCUT2D eigenvalue weighted by Gasteiger charge is -2.37. The zero-order valence-electron chi connectivity index (χ0n) is 12.8. The fourth-order valence-electron chi connectivity index (χ4n) is 3.59. The van der Waals surface area contributed by atoms with Crippen LogP contribution in [0.25, 0.3) is 0 Å². The maximum atomic E-state index is 12.7. The number of hydrogen-bond acceptors (Lipinski definition) is 5.